The van der Waals surface area contributed by atoms with Gasteiger partial charge in [0.15, 0.2) is 6.33 Å². The van der Waals surface area contributed by atoms with Crippen molar-refractivity contribution >= 4 is 0 Å². The van der Waals surface area contributed by atoms with Gasteiger partial charge >= 0.3 is 0 Å². The van der Waals surface area contributed by atoms with Crippen LogP contribution in [0.5, 0.6) is 0 Å². The van der Waals surface area contributed by atoms with Crippen LogP contribution in [0, 0.1) is 11.8 Å². The van der Waals surface area contributed by atoms with E-state index in [4.69, 9.17) is 4.52 Å². The Balaban J connectivity index is 1.54. The van der Waals surface area contributed by atoms with Crippen molar-refractivity contribution in [1.82, 2.24) is 20.4 Å². The predicted molar refractivity (Wildman–Crippen MR) is 77.3 cm³/mol. The molecule has 5 nitrogen and oxygen atoms in total. The van der Waals surface area contributed by atoms with Crippen molar-refractivity contribution in [1.29, 1.82) is 0 Å². The lowest BCUT2D eigenvalue weighted by atomic mass is 9.73. The second kappa shape index (κ2) is 6.22. The third kappa shape index (κ3) is 3.04. The van der Waals surface area contributed by atoms with Crippen LogP contribution >= 0.6 is 0 Å². The summed E-state index contributed by atoms with van der Waals surface area (Å²) < 4.78 is 5.06. The number of nitrogens with one attached hydrogen (secondary N) is 1. The third-order valence-electron chi connectivity index (χ3n) is 4.96. The van der Waals surface area contributed by atoms with Crippen molar-refractivity contribution in [3.63, 3.8) is 0 Å². The fourth-order valence-electron chi connectivity index (χ4n) is 3.88. The number of aromatic nitrogens is 2. The molecule has 0 radical (unpaired) electrons. The molecule has 20 heavy (non-hydrogen) atoms. The number of hydrogen-bond donors (Lipinski definition) is 1. The highest BCUT2D eigenvalue weighted by Crippen LogP contribution is 2.35. The Kier molecular flexibility index (Phi) is 4.36. The van der Waals surface area contributed by atoms with Crippen molar-refractivity contribution in [2.45, 2.75) is 51.6 Å². The van der Waals surface area contributed by atoms with Gasteiger partial charge < -0.3 is 14.7 Å². The number of piperidine rings is 1. The van der Waals surface area contributed by atoms with Gasteiger partial charge in [0.2, 0.25) is 5.89 Å². The van der Waals surface area contributed by atoms with Gasteiger partial charge in [0.05, 0.1) is 0 Å². The molecule has 3 rings (SSSR count). The average Bonchev–Trinajstić information content (AvgIpc) is 2.91. The Morgan fingerprint density at radius 2 is 2.10 bits per heavy atom. The maximum atomic E-state index is 5.06. The van der Waals surface area contributed by atoms with E-state index in [9.17, 15) is 0 Å². The molecule has 2 aliphatic rings. The first-order chi connectivity index (χ1) is 9.74. The van der Waals surface area contributed by atoms with E-state index in [2.05, 4.69) is 34.2 Å². The van der Waals surface area contributed by atoms with Crippen LogP contribution in [0.4, 0.5) is 0 Å². The highest BCUT2D eigenvalue weighted by atomic mass is 16.5. The quantitative estimate of drug-likeness (QED) is 0.888. The van der Waals surface area contributed by atoms with Gasteiger partial charge in [-0.25, -0.2) is 0 Å². The topological polar surface area (TPSA) is 54.2 Å². The van der Waals surface area contributed by atoms with Crippen LogP contribution < -0.4 is 5.32 Å². The van der Waals surface area contributed by atoms with Crippen molar-refractivity contribution in [2.75, 3.05) is 19.6 Å². The van der Waals surface area contributed by atoms with Crippen LogP contribution in [-0.4, -0.2) is 46.8 Å². The number of nitrogens with zero attached hydrogens (tertiary/aromatic N) is 3. The summed E-state index contributed by atoms with van der Waals surface area (Å²) in [6.45, 7) is 8.10. The van der Waals surface area contributed by atoms with E-state index in [0.29, 0.717) is 12.1 Å². The lowest BCUT2D eigenvalue weighted by molar-refractivity contribution is 0.0298. The first-order valence-electron chi connectivity index (χ1n) is 7.97. The average molecular weight is 278 g/mol. The maximum Gasteiger partial charge on any atom is 0.227 e. The van der Waals surface area contributed by atoms with Crippen molar-refractivity contribution < 1.29 is 4.52 Å². The van der Waals surface area contributed by atoms with Crippen LogP contribution in [0.15, 0.2) is 10.9 Å². The van der Waals surface area contributed by atoms with Gasteiger partial charge in [0.1, 0.15) is 0 Å². The van der Waals surface area contributed by atoms with Crippen molar-refractivity contribution in [2.24, 2.45) is 11.8 Å². The highest BCUT2D eigenvalue weighted by molar-refractivity contribution is 4.95. The van der Waals surface area contributed by atoms with Gasteiger partial charge in [-0.2, -0.15) is 4.98 Å². The molecule has 112 valence electrons. The number of fused-ring (bicyclic) bond motifs is 2. The molecule has 2 bridgehead atoms. The smallest absolute Gasteiger partial charge is 0.227 e. The van der Waals surface area contributed by atoms with E-state index in [-0.39, 0.29) is 0 Å². The largest absolute Gasteiger partial charge is 0.340 e. The first kappa shape index (κ1) is 14.0. The molecule has 0 spiro atoms. The van der Waals surface area contributed by atoms with E-state index in [1.165, 1.54) is 38.7 Å². The molecule has 0 amide bonds. The Hall–Kier alpha value is -0.940. The summed E-state index contributed by atoms with van der Waals surface area (Å²) in [4.78, 5) is 6.74. The zero-order valence-electron chi connectivity index (χ0n) is 12.6. The molecule has 1 aliphatic carbocycles. The second-order valence-corrected chi connectivity index (χ2v) is 6.56. The number of hydrogen-bond acceptors (Lipinski definition) is 5. The summed E-state index contributed by atoms with van der Waals surface area (Å²) >= 11 is 0. The number of likely N-dealkylation sites (tertiary alicyclic amines) is 1. The molecule has 2 unspecified atom stereocenters. The molecule has 0 aromatic carbocycles. The van der Waals surface area contributed by atoms with E-state index in [0.717, 1.165) is 30.7 Å². The lowest BCUT2D eigenvalue weighted by Gasteiger charge is -2.49. The number of rotatable bonds is 5. The Morgan fingerprint density at radius 1 is 1.35 bits per heavy atom. The summed E-state index contributed by atoms with van der Waals surface area (Å²) in [7, 11) is 0. The first-order valence-corrected chi connectivity index (χ1v) is 7.97. The van der Waals surface area contributed by atoms with Gasteiger partial charge in [-0.05, 0) is 38.5 Å². The summed E-state index contributed by atoms with van der Waals surface area (Å²) in [5.74, 6) is 2.36. The molecule has 1 N–H and O–H groups in total. The van der Waals surface area contributed by atoms with Gasteiger partial charge in [0.25, 0.3) is 0 Å². The normalized spacial score (nSPS) is 30.9. The van der Waals surface area contributed by atoms with Gasteiger partial charge in [-0.1, -0.05) is 11.6 Å². The van der Waals surface area contributed by atoms with Crippen LogP contribution in [0.25, 0.3) is 0 Å². The molecule has 1 aromatic rings. The molecule has 2 heterocycles. The van der Waals surface area contributed by atoms with Crippen LogP contribution in [0.2, 0.25) is 0 Å². The van der Waals surface area contributed by atoms with E-state index < -0.39 is 0 Å². The third-order valence-corrected chi connectivity index (χ3v) is 4.96. The Morgan fingerprint density at radius 3 is 2.70 bits per heavy atom. The Bertz CT molecular complexity index is 392. The molecule has 5 heteroatoms. The zero-order valence-corrected chi connectivity index (χ0v) is 12.6. The Labute approximate surface area is 121 Å². The minimum absolute atomic E-state index is 0.678. The lowest BCUT2D eigenvalue weighted by Crippen LogP contribution is -2.58. The summed E-state index contributed by atoms with van der Waals surface area (Å²) in [5, 5.41) is 7.42. The van der Waals surface area contributed by atoms with Gasteiger partial charge in [-0.15, -0.1) is 0 Å². The van der Waals surface area contributed by atoms with E-state index in [1.807, 2.05) is 0 Å². The summed E-state index contributed by atoms with van der Waals surface area (Å²) in [6, 6.07) is 1.36. The fourth-order valence-corrected chi connectivity index (χ4v) is 3.88. The van der Waals surface area contributed by atoms with Crippen LogP contribution in [0.1, 0.15) is 39.0 Å². The monoisotopic (exact) mass is 278 g/mol. The standard InChI is InChI=1S/C15H26N4O/c1-11(2)19-8-12-4-3-5-13(9-19)15(12)16-7-6-14-17-10-18-20-14/h10-13,15-16H,3-9H2,1-2H3. The molecular weight excluding hydrogens is 252 g/mol. The summed E-state index contributed by atoms with van der Waals surface area (Å²) in [6.07, 6.45) is 6.47. The molecule has 2 atom stereocenters. The van der Waals surface area contributed by atoms with Crippen molar-refractivity contribution in [3.05, 3.63) is 12.2 Å². The van der Waals surface area contributed by atoms with E-state index >= 15 is 0 Å². The van der Waals surface area contributed by atoms with Gasteiger partial charge in [0, 0.05) is 38.1 Å². The van der Waals surface area contributed by atoms with Crippen LogP contribution in [0.3, 0.4) is 0 Å². The summed E-state index contributed by atoms with van der Waals surface area (Å²) in [5.41, 5.74) is 0. The predicted octanol–water partition coefficient (Wildman–Crippen LogP) is 1.71. The molecule has 1 aromatic heterocycles. The SMILES string of the molecule is CC(C)N1CC2CCCC(C1)C2NCCc1ncno1. The minimum atomic E-state index is 0.678. The molecule has 1 saturated carbocycles. The molecule has 1 aliphatic heterocycles. The molecule has 2 fully saturated rings. The maximum absolute atomic E-state index is 5.06. The molecule has 1 saturated heterocycles. The highest BCUT2D eigenvalue weighted by Gasteiger charge is 2.39. The second-order valence-electron chi connectivity index (χ2n) is 6.56. The van der Waals surface area contributed by atoms with Gasteiger partial charge in [-0.3, -0.25) is 0 Å². The fraction of sp³-hybridized carbons (Fsp3) is 0.867. The van der Waals surface area contributed by atoms with Crippen molar-refractivity contribution in [3.8, 4) is 0 Å². The van der Waals surface area contributed by atoms with Crippen LogP contribution in [-0.2, 0) is 6.42 Å². The van der Waals surface area contributed by atoms with E-state index in [1.54, 1.807) is 0 Å². The zero-order chi connectivity index (χ0) is 13.9. The molecular formula is C15H26N4O. The minimum Gasteiger partial charge on any atom is -0.340 e.